The number of carbonyl (C=O) groups excluding carboxylic acids is 1. The molecule has 0 amide bonds. The molecule has 1 saturated heterocycles. The summed E-state index contributed by atoms with van der Waals surface area (Å²) in [7, 11) is 0. The van der Waals surface area contributed by atoms with Gasteiger partial charge in [0, 0.05) is 6.61 Å². The fourth-order valence-electron chi connectivity index (χ4n) is 2.43. The van der Waals surface area contributed by atoms with Crippen LogP contribution >= 0.6 is 0 Å². The van der Waals surface area contributed by atoms with Gasteiger partial charge in [-0.3, -0.25) is 0 Å². The molecule has 3 N–H and O–H groups in total. The van der Waals surface area contributed by atoms with E-state index in [0.717, 1.165) is 0 Å². The van der Waals surface area contributed by atoms with E-state index in [0.29, 0.717) is 24.9 Å². The van der Waals surface area contributed by atoms with Gasteiger partial charge in [-0.05, 0) is 25.0 Å². The first-order valence-electron chi connectivity index (χ1n) is 8.42. The van der Waals surface area contributed by atoms with Crippen LogP contribution in [-0.2, 0) is 19.0 Å². The minimum atomic E-state index is -0.548. The summed E-state index contributed by atoms with van der Waals surface area (Å²) in [5.41, 5.74) is 3.78. The molecular formula is C18H28NO5+. The Balaban J connectivity index is 2.18. The first-order valence-corrected chi connectivity index (χ1v) is 8.42. The van der Waals surface area contributed by atoms with Crippen LogP contribution in [0.1, 0.15) is 20.8 Å². The molecule has 0 radical (unpaired) electrons. The Morgan fingerprint density at radius 3 is 2.62 bits per heavy atom. The van der Waals surface area contributed by atoms with Crippen LogP contribution in [0.5, 0.6) is 5.75 Å². The van der Waals surface area contributed by atoms with Crippen LogP contribution in [0.15, 0.2) is 30.3 Å². The Labute approximate surface area is 143 Å². The lowest BCUT2D eigenvalue weighted by Gasteiger charge is -2.31. The summed E-state index contributed by atoms with van der Waals surface area (Å²) < 4.78 is 23.2. The van der Waals surface area contributed by atoms with Crippen LogP contribution in [-0.4, -0.2) is 50.1 Å². The number of hydrogen-bond acceptors (Lipinski definition) is 5. The first-order chi connectivity index (χ1) is 11.5. The van der Waals surface area contributed by atoms with Gasteiger partial charge in [-0.15, -0.1) is 0 Å². The lowest BCUT2D eigenvalue weighted by atomic mass is 10.1. The van der Waals surface area contributed by atoms with E-state index < -0.39 is 18.2 Å². The summed E-state index contributed by atoms with van der Waals surface area (Å²) in [6, 6.07) is 8.90. The van der Waals surface area contributed by atoms with Gasteiger partial charge >= 0.3 is 5.97 Å². The van der Waals surface area contributed by atoms with Crippen molar-refractivity contribution in [1.82, 2.24) is 0 Å². The average molecular weight is 338 g/mol. The third kappa shape index (κ3) is 5.47. The van der Waals surface area contributed by atoms with Crippen LogP contribution in [0.3, 0.4) is 0 Å². The van der Waals surface area contributed by atoms with Gasteiger partial charge in [-0.2, -0.15) is 0 Å². The summed E-state index contributed by atoms with van der Waals surface area (Å²) >= 11 is 0. The van der Waals surface area contributed by atoms with E-state index in [1.165, 1.54) is 0 Å². The fraction of sp³-hybridized carbons (Fsp3) is 0.611. The fourth-order valence-corrected chi connectivity index (χ4v) is 2.43. The molecule has 0 aromatic heterocycles. The second-order valence-corrected chi connectivity index (χ2v) is 6.54. The summed E-state index contributed by atoms with van der Waals surface area (Å²) in [6.07, 6.45) is -1.26. The van der Waals surface area contributed by atoms with Crippen molar-refractivity contribution in [2.45, 2.75) is 45.1 Å². The Morgan fingerprint density at radius 1 is 1.25 bits per heavy atom. The molecule has 0 unspecified atom stereocenters. The van der Waals surface area contributed by atoms with E-state index in [1.807, 2.05) is 37.3 Å². The zero-order valence-corrected chi connectivity index (χ0v) is 14.6. The highest BCUT2D eigenvalue weighted by Crippen LogP contribution is 2.20. The number of esters is 1. The maximum atomic E-state index is 12.0. The first kappa shape index (κ1) is 18.7. The number of benzene rings is 1. The van der Waals surface area contributed by atoms with Crippen LogP contribution in [0.25, 0.3) is 0 Å². The molecule has 134 valence electrons. The second kappa shape index (κ2) is 9.01. The number of carbonyl (C=O) groups is 1. The van der Waals surface area contributed by atoms with Crippen molar-refractivity contribution in [3.63, 3.8) is 0 Å². The van der Waals surface area contributed by atoms with Crippen LogP contribution in [0.2, 0.25) is 0 Å². The van der Waals surface area contributed by atoms with Crippen molar-refractivity contribution in [2.24, 2.45) is 5.92 Å². The Bertz CT molecular complexity index is 507. The highest BCUT2D eigenvalue weighted by molar-refractivity contribution is 5.74. The van der Waals surface area contributed by atoms with E-state index in [2.05, 4.69) is 19.6 Å². The van der Waals surface area contributed by atoms with Gasteiger partial charge in [0.1, 0.15) is 24.6 Å². The minimum absolute atomic E-state index is 0.213. The molecule has 6 heteroatoms. The molecule has 0 bridgehead atoms. The zero-order valence-electron chi connectivity index (χ0n) is 14.6. The van der Waals surface area contributed by atoms with Gasteiger partial charge < -0.3 is 24.7 Å². The van der Waals surface area contributed by atoms with Crippen molar-refractivity contribution in [2.75, 3.05) is 19.8 Å². The zero-order chi connectivity index (χ0) is 17.5. The summed E-state index contributed by atoms with van der Waals surface area (Å²) in [6.45, 7) is 7.10. The predicted octanol–water partition coefficient (Wildman–Crippen LogP) is 1.05. The van der Waals surface area contributed by atoms with Gasteiger partial charge in [-0.25, -0.2) is 4.79 Å². The van der Waals surface area contributed by atoms with Gasteiger partial charge in [0.25, 0.3) is 0 Å². The summed E-state index contributed by atoms with van der Waals surface area (Å²) in [4.78, 5) is 12.0. The number of cyclic esters (lactones) is 1. The highest BCUT2D eigenvalue weighted by atomic mass is 16.6. The van der Waals surface area contributed by atoms with Crippen LogP contribution in [0.4, 0.5) is 0 Å². The summed E-state index contributed by atoms with van der Waals surface area (Å²) in [5, 5.41) is 0. The molecule has 0 spiro atoms. The largest absolute Gasteiger partial charge is 0.484 e. The monoisotopic (exact) mass is 338 g/mol. The molecule has 24 heavy (non-hydrogen) atoms. The molecule has 1 fully saturated rings. The Kier molecular flexibility index (Phi) is 7.02. The quantitative estimate of drug-likeness (QED) is 0.812. The molecule has 1 heterocycles. The number of ether oxygens (including phenoxy) is 4. The van der Waals surface area contributed by atoms with E-state index in [4.69, 9.17) is 18.9 Å². The SMILES string of the molecule is CC(C)CO[C@H]1COC[C@H]([NH3+])C(=O)O[C@@H](C)[C@@H]1Oc1ccccc1. The Morgan fingerprint density at radius 2 is 1.96 bits per heavy atom. The number of hydrogen-bond donors (Lipinski definition) is 1. The van der Waals surface area contributed by atoms with Gasteiger partial charge in [0.2, 0.25) is 6.04 Å². The molecule has 6 nitrogen and oxygen atoms in total. The van der Waals surface area contributed by atoms with Gasteiger partial charge in [0.05, 0.1) is 6.61 Å². The predicted molar refractivity (Wildman–Crippen MR) is 88.5 cm³/mol. The molecule has 0 saturated carbocycles. The molecular weight excluding hydrogens is 310 g/mol. The van der Waals surface area contributed by atoms with Gasteiger partial charge in [0.15, 0.2) is 6.10 Å². The van der Waals surface area contributed by atoms with Crippen molar-refractivity contribution in [1.29, 1.82) is 0 Å². The van der Waals surface area contributed by atoms with E-state index in [9.17, 15) is 4.79 Å². The smallest absolute Gasteiger partial charge is 0.367 e. The molecule has 1 aromatic carbocycles. The number of para-hydroxylation sites is 1. The lowest BCUT2D eigenvalue weighted by Crippen LogP contribution is -2.67. The third-order valence-corrected chi connectivity index (χ3v) is 3.72. The average Bonchev–Trinajstić information content (AvgIpc) is 2.60. The lowest BCUT2D eigenvalue weighted by molar-refractivity contribution is -0.415. The van der Waals surface area contributed by atoms with Crippen LogP contribution < -0.4 is 10.5 Å². The summed E-state index contributed by atoms with van der Waals surface area (Å²) in [5.74, 6) is 0.705. The molecule has 1 aliphatic heterocycles. The van der Waals surface area contributed by atoms with Crippen molar-refractivity contribution in [3.05, 3.63) is 30.3 Å². The highest BCUT2D eigenvalue weighted by Gasteiger charge is 2.36. The van der Waals surface area contributed by atoms with E-state index in [-0.39, 0.29) is 18.7 Å². The van der Waals surface area contributed by atoms with Crippen molar-refractivity contribution in [3.8, 4) is 5.75 Å². The maximum absolute atomic E-state index is 12.0. The van der Waals surface area contributed by atoms with Crippen molar-refractivity contribution >= 4 is 5.97 Å². The topological polar surface area (TPSA) is 81.6 Å². The van der Waals surface area contributed by atoms with Gasteiger partial charge in [-0.1, -0.05) is 32.0 Å². The molecule has 0 aliphatic carbocycles. The molecule has 1 aliphatic rings. The second-order valence-electron chi connectivity index (χ2n) is 6.54. The normalized spacial score (nSPS) is 28.6. The van der Waals surface area contributed by atoms with Crippen LogP contribution in [0, 0.1) is 5.92 Å². The van der Waals surface area contributed by atoms with E-state index in [1.54, 1.807) is 0 Å². The van der Waals surface area contributed by atoms with E-state index >= 15 is 0 Å². The Hall–Kier alpha value is -1.63. The maximum Gasteiger partial charge on any atom is 0.367 e. The minimum Gasteiger partial charge on any atom is -0.484 e. The number of rotatable bonds is 5. The molecule has 2 rings (SSSR count). The third-order valence-electron chi connectivity index (χ3n) is 3.72. The molecule has 4 atom stereocenters. The number of quaternary nitrogens is 1. The standard InChI is InChI=1S/C18H27NO5/c1-12(2)9-22-16-11-21-10-15(19)18(20)23-13(3)17(16)24-14-7-5-4-6-8-14/h4-8,12-13,15-17H,9-11,19H2,1-3H3/p+1/t13-,15-,16-,17-/m0/s1. The molecule has 1 aromatic rings. The van der Waals surface area contributed by atoms with Crippen molar-refractivity contribution < 1.29 is 29.5 Å².